The summed E-state index contributed by atoms with van der Waals surface area (Å²) >= 11 is 0. The van der Waals surface area contributed by atoms with E-state index in [1.54, 1.807) is 18.2 Å². The second-order valence-corrected chi connectivity index (χ2v) is 5.55. The van der Waals surface area contributed by atoms with Crippen LogP contribution in [0.1, 0.15) is 21.5 Å². The van der Waals surface area contributed by atoms with Gasteiger partial charge in [0, 0.05) is 11.3 Å². The smallest absolute Gasteiger partial charge is 0.256 e. The lowest BCUT2D eigenvalue weighted by Crippen LogP contribution is -2.13. The zero-order chi connectivity index (χ0) is 16.9. The number of hydrogen-bond donors (Lipinski definition) is 2. The number of carbonyl (C=O) groups is 1. The normalized spacial score (nSPS) is 10.2. The molecule has 0 radical (unpaired) electrons. The molecule has 5 nitrogen and oxygen atoms in total. The second-order valence-electron chi connectivity index (χ2n) is 5.55. The summed E-state index contributed by atoms with van der Waals surface area (Å²) < 4.78 is 0. The van der Waals surface area contributed by atoms with Crippen LogP contribution in [0.2, 0.25) is 0 Å². The monoisotopic (exact) mass is 318 g/mol. The summed E-state index contributed by atoms with van der Waals surface area (Å²) in [5.41, 5.74) is 3.77. The van der Waals surface area contributed by atoms with Gasteiger partial charge in [-0.25, -0.2) is 0 Å². The van der Waals surface area contributed by atoms with E-state index in [-0.39, 0.29) is 5.91 Å². The van der Waals surface area contributed by atoms with Crippen molar-refractivity contribution in [1.29, 1.82) is 0 Å². The van der Waals surface area contributed by atoms with Gasteiger partial charge in [-0.1, -0.05) is 24.3 Å². The van der Waals surface area contributed by atoms with E-state index in [0.717, 1.165) is 16.8 Å². The van der Waals surface area contributed by atoms with E-state index >= 15 is 0 Å². The molecule has 0 aliphatic rings. The summed E-state index contributed by atoms with van der Waals surface area (Å²) in [6.45, 7) is 4.00. The van der Waals surface area contributed by atoms with Crippen LogP contribution in [0.4, 0.5) is 17.3 Å². The molecule has 0 fully saturated rings. The lowest BCUT2D eigenvalue weighted by atomic mass is 10.1. The number of rotatable bonds is 4. The Bertz CT molecular complexity index is 845. The van der Waals surface area contributed by atoms with Crippen LogP contribution in [0.3, 0.4) is 0 Å². The van der Waals surface area contributed by atoms with Crippen LogP contribution in [-0.2, 0) is 0 Å². The number of aromatic nitrogens is 2. The molecule has 5 heteroatoms. The van der Waals surface area contributed by atoms with Crippen LogP contribution in [0.25, 0.3) is 0 Å². The highest BCUT2D eigenvalue weighted by atomic mass is 16.1. The van der Waals surface area contributed by atoms with Gasteiger partial charge in [-0.05, 0) is 61.4 Å². The van der Waals surface area contributed by atoms with Crippen molar-refractivity contribution in [3.63, 3.8) is 0 Å². The predicted molar refractivity (Wildman–Crippen MR) is 95.6 cm³/mol. The molecular formula is C19H18N4O. The first-order valence-electron chi connectivity index (χ1n) is 7.66. The fraction of sp³-hybridized carbons (Fsp3) is 0.105. The van der Waals surface area contributed by atoms with E-state index in [9.17, 15) is 4.79 Å². The summed E-state index contributed by atoms with van der Waals surface area (Å²) in [6, 6.07) is 18.8. The molecule has 0 aliphatic carbocycles. The number of hydrogen-bond acceptors (Lipinski definition) is 4. The first kappa shape index (κ1) is 15.7. The lowest BCUT2D eigenvalue weighted by Gasteiger charge is -2.08. The topological polar surface area (TPSA) is 66.9 Å². The van der Waals surface area contributed by atoms with Crippen molar-refractivity contribution >= 4 is 23.2 Å². The molecule has 1 aromatic heterocycles. The Hall–Kier alpha value is -3.21. The van der Waals surface area contributed by atoms with Gasteiger partial charge in [0.25, 0.3) is 5.91 Å². The van der Waals surface area contributed by atoms with Crippen molar-refractivity contribution in [1.82, 2.24) is 10.2 Å². The van der Waals surface area contributed by atoms with E-state index < -0.39 is 0 Å². The molecule has 1 amide bonds. The maximum absolute atomic E-state index is 12.3. The minimum atomic E-state index is -0.198. The Labute approximate surface area is 140 Å². The number of amides is 1. The molecule has 0 aliphatic heterocycles. The first-order valence-corrected chi connectivity index (χ1v) is 7.66. The number of carbonyl (C=O) groups excluding carboxylic acids is 1. The number of para-hydroxylation sites is 1. The van der Waals surface area contributed by atoms with Crippen molar-refractivity contribution in [3.05, 3.63) is 77.4 Å². The zero-order valence-electron chi connectivity index (χ0n) is 13.6. The minimum absolute atomic E-state index is 0.198. The van der Waals surface area contributed by atoms with Gasteiger partial charge in [0.1, 0.15) is 0 Å². The quantitative estimate of drug-likeness (QED) is 0.760. The molecule has 0 saturated carbocycles. The summed E-state index contributed by atoms with van der Waals surface area (Å²) in [5.74, 6) is 0.832. The number of nitrogens with zero attached hydrogens (tertiary/aromatic N) is 2. The van der Waals surface area contributed by atoms with E-state index in [1.165, 1.54) is 0 Å². The summed E-state index contributed by atoms with van der Waals surface area (Å²) in [4.78, 5) is 12.3. The third-order valence-electron chi connectivity index (χ3n) is 3.72. The van der Waals surface area contributed by atoms with E-state index in [0.29, 0.717) is 17.2 Å². The molecular weight excluding hydrogens is 300 g/mol. The number of anilines is 3. The average molecular weight is 318 g/mol. The Kier molecular flexibility index (Phi) is 4.52. The van der Waals surface area contributed by atoms with Crippen LogP contribution < -0.4 is 10.6 Å². The Morgan fingerprint density at radius 1 is 0.833 bits per heavy atom. The van der Waals surface area contributed by atoms with Crippen LogP contribution >= 0.6 is 0 Å². The van der Waals surface area contributed by atoms with Crippen LogP contribution in [0.5, 0.6) is 0 Å². The fourth-order valence-electron chi connectivity index (χ4n) is 2.21. The molecule has 0 spiro atoms. The lowest BCUT2D eigenvalue weighted by molar-refractivity contribution is 0.102. The molecule has 120 valence electrons. The molecule has 1 heterocycles. The van der Waals surface area contributed by atoms with E-state index in [1.807, 2.05) is 56.3 Å². The molecule has 3 aromatic rings. The van der Waals surface area contributed by atoms with Gasteiger partial charge < -0.3 is 10.6 Å². The third-order valence-corrected chi connectivity index (χ3v) is 3.72. The molecule has 0 atom stereocenters. The van der Waals surface area contributed by atoms with Gasteiger partial charge in [-0.2, -0.15) is 0 Å². The van der Waals surface area contributed by atoms with Gasteiger partial charge in [0.05, 0.1) is 0 Å². The third kappa shape index (κ3) is 3.76. The van der Waals surface area contributed by atoms with Gasteiger partial charge in [0.15, 0.2) is 11.6 Å². The number of aryl methyl sites for hydroxylation is 2. The fourth-order valence-corrected chi connectivity index (χ4v) is 2.21. The summed E-state index contributed by atoms with van der Waals surface area (Å²) in [5, 5.41) is 14.0. The Morgan fingerprint density at radius 3 is 2.21 bits per heavy atom. The van der Waals surface area contributed by atoms with Crippen LogP contribution in [-0.4, -0.2) is 16.1 Å². The van der Waals surface area contributed by atoms with E-state index in [2.05, 4.69) is 20.8 Å². The maximum Gasteiger partial charge on any atom is 0.256 e. The molecule has 24 heavy (non-hydrogen) atoms. The molecule has 2 aromatic carbocycles. The maximum atomic E-state index is 12.3. The first-order chi connectivity index (χ1) is 11.6. The van der Waals surface area contributed by atoms with Crippen molar-refractivity contribution in [2.24, 2.45) is 0 Å². The molecule has 0 saturated heterocycles. The van der Waals surface area contributed by atoms with Crippen LogP contribution in [0, 0.1) is 13.8 Å². The largest absolute Gasteiger partial charge is 0.339 e. The van der Waals surface area contributed by atoms with Gasteiger partial charge in [0.2, 0.25) is 0 Å². The minimum Gasteiger partial charge on any atom is -0.339 e. The van der Waals surface area contributed by atoms with E-state index in [4.69, 9.17) is 0 Å². The number of nitrogens with one attached hydrogen (secondary N) is 2. The van der Waals surface area contributed by atoms with Crippen molar-refractivity contribution < 1.29 is 4.79 Å². The second kappa shape index (κ2) is 6.91. The SMILES string of the molecule is Cc1ccc(C(=O)Nc2ccc(Nc3ccccc3)nn2)cc1C. The number of benzene rings is 2. The average Bonchev–Trinajstić information content (AvgIpc) is 2.60. The standard InChI is InChI=1S/C19H18N4O/c1-13-8-9-15(12-14(13)2)19(24)21-18-11-10-17(22-23-18)20-16-6-4-3-5-7-16/h3-12H,1-2H3,(H,20,22)(H,21,23,24). The zero-order valence-corrected chi connectivity index (χ0v) is 13.6. The van der Waals surface area contributed by atoms with Crippen molar-refractivity contribution in [3.8, 4) is 0 Å². The van der Waals surface area contributed by atoms with Gasteiger partial charge >= 0.3 is 0 Å². The molecule has 2 N–H and O–H groups in total. The Morgan fingerprint density at radius 2 is 1.54 bits per heavy atom. The van der Waals surface area contributed by atoms with Crippen molar-refractivity contribution in [2.45, 2.75) is 13.8 Å². The molecule has 3 rings (SSSR count). The van der Waals surface area contributed by atoms with Crippen LogP contribution in [0.15, 0.2) is 60.7 Å². The molecule has 0 bridgehead atoms. The summed E-state index contributed by atoms with van der Waals surface area (Å²) in [6.07, 6.45) is 0. The van der Waals surface area contributed by atoms with Crippen molar-refractivity contribution in [2.75, 3.05) is 10.6 Å². The highest BCUT2D eigenvalue weighted by Crippen LogP contribution is 2.15. The Balaban J connectivity index is 1.67. The highest BCUT2D eigenvalue weighted by Gasteiger charge is 2.08. The predicted octanol–water partition coefficient (Wildman–Crippen LogP) is 4.09. The van der Waals surface area contributed by atoms with Gasteiger partial charge in [-0.15, -0.1) is 10.2 Å². The highest BCUT2D eigenvalue weighted by molar-refractivity contribution is 6.03. The van der Waals surface area contributed by atoms with Gasteiger partial charge in [-0.3, -0.25) is 4.79 Å². The summed E-state index contributed by atoms with van der Waals surface area (Å²) in [7, 11) is 0. The molecule has 0 unspecified atom stereocenters.